The lowest BCUT2D eigenvalue weighted by Crippen LogP contribution is -2.38. The molecule has 0 saturated carbocycles. The lowest BCUT2D eigenvalue weighted by atomic mass is 10.0. The van der Waals surface area contributed by atoms with Crippen LogP contribution in [0.25, 0.3) is 0 Å². The third kappa shape index (κ3) is 2.40. The van der Waals surface area contributed by atoms with Crippen molar-refractivity contribution in [1.82, 2.24) is 9.80 Å². The number of phenols is 1. The first-order chi connectivity index (χ1) is 8.86. The van der Waals surface area contributed by atoms with E-state index >= 15 is 0 Å². The first-order valence-electron chi connectivity index (χ1n) is 6.37. The smallest absolute Gasteiger partial charge is 0.123 e. The quantitative estimate of drug-likeness (QED) is 0.907. The largest absolute Gasteiger partial charge is 0.507 e. The van der Waals surface area contributed by atoms with Crippen LogP contribution in [-0.4, -0.2) is 41.3 Å². The number of rotatable bonds is 3. The molecule has 1 aromatic rings. The van der Waals surface area contributed by atoms with Crippen molar-refractivity contribution in [2.75, 3.05) is 20.8 Å². The van der Waals surface area contributed by atoms with Crippen LogP contribution in [0, 0.1) is 0 Å². The second-order valence-electron chi connectivity index (χ2n) is 5.54. The fourth-order valence-corrected chi connectivity index (χ4v) is 2.43. The van der Waals surface area contributed by atoms with E-state index in [1.807, 2.05) is 19.2 Å². The zero-order valence-corrected chi connectivity index (χ0v) is 12.1. The first-order valence-corrected chi connectivity index (χ1v) is 6.37. The van der Waals surface area contributed by atoms with Crippen LogP contribution in [0.5, 0.6) is 11.5 Å². The Kier molecular flexibility index (Phi) is 3.45. The molecule has 0 unspecified atom stereocenters. The minimum absolute atomic E-state index is 0.0961. The van der Waals surface area contributed by atoms with Crippen molar-refractivity contribution in [3.63, 3.8) is 0 Å². The molecule has 0 aromatic heterocycles. The van der Waals surface area contributed by atoms with E-state index in [9.17, 15) is 5.11 Å². The fourth-order valence-electron chi connectivity index (χ4n) is 2.43. The summed E-state index contributed by atoms with van der Waals surface area (Å²) < 4.78 is 5.10. The number of hydrogen-bond acceptors (Lipinski definition) is 4. The molecule has 104 valence electrons. The summed E-state index contributed by atoms with van der Waals surface area (Å²) in [6.07, 6.45) is 0. The van der Waals surface area contributed by atoms with Crippen LogP contribution < -0.4 is 4.74 Å². The maximum absolute atomic E-state index is 10.0. The van der Waals surface area contributed by atoms with E-state index in [4.69, 9.17) is 4.74 Å². The molecular formula is C15H22N2O2. The molecule has 2 rings (SSSR count). The summed E-state index contributed by atoms with van der Waals surface area (Å²) in [6.45, 7) is 9.94. The Morgan fingerprint density at radius 2 is 2.11 bits per heavy atom. The van der Waals surface area contributed by atoms with Crippen LogP contribution in [0.1, 0.15) is 19.4 Å². The SMILES string of the molecule is C=C1N(C)CN(Cc2ccc(OC)cc2O)C1(C)C. The van der Waals surface area contributed by atoms with Crippen molar-refractivity contribution in [2.45, 2.75) is 25.9 Å². The third-order valence-corrected chi connectivity index (χ3v) is 3.99. The lowest BCUT2D eigenvalue weighted by molar-refractivity contribution is 0.171. The van der Waals surface area contributed by atoms with E-state index in [-0.39, 0.29) is 11.3 Å². The normalized spacial score (nSPS) is 18.9. The van der Waals surface area contributed by atoms with E-state index in [1.165, 1.54) is 0 Å². The zero-order chi connectivity index (χ0) is 14.2. The van der Waals surface area contributed by atoms with Crippen LogP contribution in [0.2, 0.25) is 0 Å². The minimum Gasteiger partial charge on any atom is -0.507 e. The molecule has 19 heavy (non-hydrogen) atoms. The van der Waals surface area contributed by atoms with Gasteiger partial charge >= 0.3 is 0 Å². The molecule has 0 aliphatic carbocycles. The van der Waals surface area contributed by atoms with Crippen LogP contribution in [0.15, 0.2) is 30.5 Å². The van der Waals surface area contributed by atoms with Gasteiger partial charge in [0.05, 0.1) is 19.3 Å². The Hall–Kier alpha value is -1.68. The molecule has 0 atom stereocenters. The highest BCUT2D eigenvalue weighted by atomic mass is 16.5. The van der Waals surface area contributed by atoms with Gasteiger partial charge in [0.2, 0.25) is 0 Å². The Morgan fingerprint density at radius 3 is 2.58 bits per heavy atom. The fraction of sp³-hybridized carbons (Fsp3) is 0.467. The average molecular weight is 262 g/mol. The van der Waals surface area contributed by atoms with Crippen LogP contribution in [0.3, 0.4) is 0 Å². The highest BCUT2D eigenvalue weighted by molar-refractivity contribution is 5.40. The van der Waals surface area contributed by atoms with Gasteiger partial charge in [-0.25, -0.2) is 0 Å². The van der Waals surface area contributed by atoms with Crippen molar-refractivity contribution in [3.8, 4) is 11.5 Å². The van der Waals surface area contributed by atoms with Gasteiger partial charge in [0.1, 0.15) is 11.5 Å². The number of ether oxygens (including phenoxy) is 1. The summed E-state index contributed by atoms with van der Waals surface area (Å²) >= 11 is 0. The molecule has 1 heterocycles. The van der Waals surface area contributed by atoms with Gasteiger partial charge in [0, 0.05) is 30.9 Å². The van der Waals surface area contributed by atoms with Gasteiger partial charge in [-0.05, 0) is 19.9 Å². The van der Waals surface area contributed by atoms with Gasteiger partial charge in [0.25, 0.3) is 0 Å². The molecule has 1 aliphatic heterocycles. The summed E-state index contributed by atoms with van der Waals surface area (Å²) in [6, 6.07) is 5.43. The molecule has 1 N–H and O–H groups in total. The van der Waals surface area contributed by atoms with E-state index in [2.05, 4.69) is 30.2 Å². The molecule has 1 aromatic carbocycles. The molecule has 0 amide bonds. The van der Waals surface area contributed by atoms with Gasteiger partial charge < -0.3 is 14.7 Å². The molecule has 0 radical (unpaired) electrons. The predicted octanol–water partition coefficient (Wildman–Crippen LogP) is 2.40. The van der Waals surface area contributed by atoms with Gasteiger partial charge in [-0.1, -0.05) is 12.6 Å². The molecule has 4 nitrogen and oxygen atoms in total. The second-order valence-corrected chi connectivity index (χ2v) is 5.54. The number of benzene rings is 1. The number of aromatic hydroxyl groups is 1. The van der Waals surface area contributed by atoms with Gasteiger partial charge in [-0.2, -0.15) is 0 Å². The number of methoxy groups -OCH3 is 1. The minimum atomic E-state index is -0.0961. The molecule has 4 heteroatoms. The third-order valence-electron chi connectivity index (χ3n) is 3.99. The van der Waals surface area contributed by atoms with E-state index in [0.29, 0.717) is 12.3 Å². The summed E-state index contributed by atoms with van der Waals surface area (Å²) in [5.74, 6) is 0.943. The summed E-state index contributed by atoms with van der Waals surface area (Å²) in [5.41, 5.74) is 1.90. The van der Waals surface area contributed by atoms with Gasteiger partial charge in [0.15, 0.2) is 0 Å². The van der Waals surface area contributed by atoms with Crippen molar-refractivity contribution in [3.05, 3.63) is 36.0 Å². The maximum atomic E-state index is 10.0. The van der Waals surface area contributed by atoms with E-state index in [1.54, 1.807) is 13.2 Å². The van der Waals surface area contributed by atoms with Crippen molar-refractivity contribution in [2.24, 2.45) is 0 Å². The van der Waals surface area contributed by atoms with Crippen molar-refractivity contribution >= 4 is 0 Å². The molecule has 0 spiro atoms. The average Bonchev–Trinajstić information content (AvgIpc) is 2.55. The lowest BCUT2D eigenvalue weighted by Gasteiger charge is -2.30. The number of phenolic OH excluding ortho intramolecular Hbond substituents is 1. The maximum Gasteiger partial charge on any atom is 0.123 e. The Labute approximate surface area is 114 Å². The Bertz CT molecular complexity index is 497. The van der Waals surface area contributed by atoms with Crippen LogP contribution >= 0.6 is 0 Å². The van der Waals surface area contributed by atoms with E-state index < -0.39 is 0 Å². The van der Waals surface area contributed by atoms with Crippen LogP contribution in [-0.2, 0) is 6.54 Å². The second kappa shape index (κ2) is 4.78. The van der Waals surface area contributed by atoms with Gasteiger partial charge in [-0.3, -0.25) is 4.90 Å². The molecule has 1 saturated heterocycles. The molecule has 1 aliphatic rings. The van der Waals surface area contributed by atoms with E-state index in [0.717, 1.165) is 17.9 Å². The van der Waals surface area contributed by atoms with Gasteiger partial charge in [-0.15, -0.1) is 0 Å². The van der Waals surface area contributed by atoms with Crippen LogP contribution in [0.4, 0.5) is 0 Å². The number of hydrogen-bond donors (Lipinski definition) is 1. The topological polar surface area (TPSA) is 35.9 Å². The molecular weight excluding hydrogens is 240 g/mol. The summed E-state index contributed by atoms with van der Waals surface area (Å²) in [4.78, 5) is 4.43. The molecule has 1 fully saturated rings. The van der Waals surface area contributed by atoms with Crippen molar-refractivity contribution in [1.29, 1.82) is 0 Å². The van der Waals surface area contributed by atoms with Crippen molar-refractivity contribution < 1.29 is 9.84 Å². The highest BCUT2D eigenvalue weighted by Gasteiger charge is 2.38. The summed E-state index contributed by atoms with van der Waals surface area (Å²) in [5, 5.41) is 10.0. The zero-order valence-electron chi connectivity index (χ0n) is 12.1. The standard InChI is InChI=1S/C15H22N2O2/c1-11-15(2,3)17(10-16(11)4)9-12-6-7-13(19-5)8-14(12)18/h6-8,18H,1,9-10H2,2-5H3. The highest BCUT2D eigenvalue weighted by Crippen LogP contribution is 2.35. The Balaban J connectivity index is 2.20. The summed E-state index contributed by atoms with van der Waals surface area (Å²) in [7, 11) is 3.63. The molecule has 0 bridgehead atoms. The first kappa shape index (κ1) is 13.7. The monoisotopic (exact) mass is 262 g/mol. The number of likely N-dealkylation sites (N-methyl/N-ethyl adjacent to an activating group) is 1. The number of nitrogens with zero attached hydrogens (tertiary/aromatic N) is 2. The predicted molar refractivity (Wildman–Crippen MR) is 76.1 cm³/mol. The Morgan fingerprint density at radius 1 is 1.42 bits per heavy atom.